The average Bonchev–Trinajstić information content (AvgIpc) is 2.73. The van der Waals surface area contributed by atoms with Gasteiger partial charge < -0.3 is 10.4 Å². The second-order valence-electron chi connectivity index (χ2n) is 4.50. The Morgan fingerprint density at radius 1 is 1.45 bits per heavy atom. The van der Waals surface area contributed by atoms with Crippen LogP contribution in [-0.2, 0) is 6.54 Å². The SMILES string of the molecule is Cc1cc(C)n(CCCNc2nccc(C(=O)O)n2)n1. The topological polar surface area (TPSA) is 92.9 Å². The summed E-state index contributed by atoms with van der Waals surface area (Å²) in [5, 5.41) is 16.2. The fourth-order valence-electron chi connectivity index (χ4n) is 1.89. The zero-order chi connectivity index (χ0) is 14.5. The molecule has 2 rings (SSSR count). The maximum absolute atomic E-state index is 10.8. The maximum atomic E-state index is 10.8. The van der Waals surface area contributed by atoms with Crippen molar-refractivity contribution in [1.29, 1.82) is 0 Å². The molecule has 0 spiro atoms. The van der Waals surface area contributed by atoms with Gasteiger partial charge in [-0.15, -0.1) is 0 Å². The van der Waals surface area contributed by atoms with E-state index < -0.39 is 5.97 Å². The van der Waals surface area contributed by atoms with Crippen LogP contribution in [0, 0.1) is 13.8 Å². The number of nitrogens with one attached hydrogen (secondary N) is 1. The van der Waals surface area contributed by atoms with Gasteiger partial charge in [0.05, 0.1) is 5.69 Å². The summed E-state index contributed by atoms with van der Waals surface area (Å²) in [4.78, 5) is 18.7. The highest BCUT2D eigenvalue weighted by Crippen LogP contribution is 2.04. The normalized spacial score (nSPS) is 10.5. The highest BCUT2D eigenvalue weighted by molar-refractivity contribution is 5.85. The second-order valence-corrected chi connectivity index (χ2v) is 4.50. The first-order valence-corrected chi connectivity index (χ1v) is 6.37. The van der Waals surface area contributed by atoms with Gasteiger partial charge in [0, 0.05) is 25.0 Å². The number of aromatic carboxylic acids is 1. The molecule has 0 fully saturated rings. The molecule has 0 aliphatic carbocycles. The van der Waals surface area contributed by atoms with Crippen LogP contribution in [0.3, 0.4) is 0 Å². The Morgan fingerprint density at radius 2 is 2.25 bits per heavy atom. The molecule has 106 valence electrons. The number of aromatic nitrogens is 4. The lowest BCUT2D eigenvalue weighted by molar-refractivity contribution is 0.0690. The third-order valence-corrected chi connectivity index (χ3v) is 2.81. The zero-order valence-corrected chi connectivity index (χ0v) is 11.5. The van der Waals surface area contributed by atoms with Crippen molar-refractivity contribution >= 4 is 11.9 Å². The van der Waals surface area contributed by atoms with Gasteiger partial charge in [0.15, 0.2) is 5.69 Å². The van der Waals surface area contributed by atoms with Crippen LogP contribution in [0.25, 0.3) is 0 Å². The van der Waals surface area contributed by atoms with Crippen molar-refractivity contribution in [2.75, 3.05) is 11.9 Å². The molecule has 0 aliphatic heterocycles. The molecule has 7 nitrogen and oxygen atoms in total. The van der Waals surface area contributed by atoms with Crippen molar-refractivity contribution in [1.82, 2.24) is 19.7 Å². The number of carboxylic acids is 1. The van der Waals surface area contributed by atoms with E-state index in [1.165, 1.54) is 12.3 Å². The highest BCUT2D eigenvalue weighted by Gasteiger charge is 2.05. The van der Waals surface area contributed by atoms with E-state index in [9.17, 15) is 4.79 Å². The molecule has 20 heavy (non-hydrogen) atoms. The minimum Gasteiger partial charge on any atom is -0.477 e. The van der Waals surface area contributed by atoms with Crippen LogP contribution in [0.2, 0.25) is 0 Å². The molecule has 0 aromatic carbocycles. The molecule has 0 amide bonds. The van der Waals surface area contributed by atoms with Crippen molar-refractivity contribution in [3.8, 4) is 0 Å². The minimum absolute atomic E-state index is 0.0129. The molecule has 0 saturated carbocycles. The molecule has 0 radical (unpaired) electrons. The van der Waals surface area contributed by atoms with E-state index in [1.54, 1.807) is 0 Å². The van der Waals surface area contributed by atoms with Gasteiger partial charge in [-0.3, -0.25) is 4.68 Å². The largest absolute Gasteiger partial charge is 0.477 e. The summed E-state index contributed by atoms with van der Waals surface area (Å²) in [5.41, 5.74) is 2.13. The minimum atomic E-state index is -1.06. The molecule has 7 heteroatoms. The molecule has 0 saturated heterocycles. The average molecular weight is 275 g/mol. The first-order valence-electron chi connectivity index (χ1n) is 6.37. The first kappa shape index (κ1) is 14.0. The van der Waals surface area contributed by atoms with Crippen LogP contribution in [0.1, 0.15) is 28.3 Å². The zero-order valence-electron chi connectivity index (χ0n) is 11.5. The van der Waals surface area contributed by atoms with Gasteiger partial charge in [0.1, 0.15) is 0 Å². The molecule has 0 atom stereocenters. The number of carboxylic acid groups (broad SMARTS) is 1. The lowest BCUT2D eigenvalue weighted by Gasteiger charge is -2.06. The van der Waals surface area contributed by atoms with E-state index in [1.807, 2.05) is 24.6 Å². The van der Waals surface area contributed by atoms with Crippen LogP contribution in [-0.4, -0.2) is 37.4 Å². The van der Waals surface area contributed by atoms with E-state index >= 15 is 0 Å². The van der Waals surface area contributed by atoms with Crippen molar-refractivity contribution in [3.63, 3.8) is 0 Å². The summed E-state index contributed by atoms with van der Waals surface area (Å²) in [7, 11) is 0. The summed E-state index contributed by atoms with van der Waals surface area (Å²) in [6, 6.07) is 3.40. The fraction of sp³-hybridized carbons (Fsp3) is 0.385. The molecule has 0 bridgehead atoms. The van der Waals surface area contributed by atoms with Crippen molar-refractivity contribution in [2.45, 2.75) is 26.8 Å². The van der Waals surface area contributed by atoms with Gasteiger partial charge in [0.2, 0.25) is 5.95 Å². The number of rotatable bonds is 6. The maximum Gasteiger partial charge on any atom is 0.354 e. The number of anilines is 1. The predicted molar refractivity (Wildman–Crippen MR) is 73.8 cm³/mol. The van der Waals surface area contributed by atoms with Crippen LogP contribution in [0.15, 0.2) is 18.3 Å². The predicted octanol–water partition coefficient (Wildman–Crippen LogP) is 1.49. The number of aryl methyl sites for hydroxylation is 3. The smallest absolute Gasteiger partial charge is 0.354 e. The molecule has 0 unspecified atom stereocenters. The highest BCUT2D eigenvalue weighted by atomic mass is 16.4. The van der Waals surface area contributed by atoms with Crippen molar-refractivity contribution < 1.29 is 9.90 Å². The Morgan fingerprint density at radius 3 is 2.90 bits per heavy atom. The lowest BCUT2D eigenvalue weighted by Crippen LogP contribution is -2.12. The Balaban J connectivity index is 1.83. The number of hydrogen-bond donors (Lipinski definition) is 2. The van der Waals surface area contributed by atoms with E-state index in [0.717, 1.165) is 24.4 Å². The first-order chi connectivity index (χ1) is 9.56. The molecule has 2 aromatic rings. The monoisotopic (exact) mass is 275 g/mol. The summed E-state index contributed by atoms with van der Waals surface area (Å²) in [6.07, 6.45) is 2.28. The Kier molecular flexibility index (Phi) is 4.29. The van der Waals surface area contributed by atoms with Gasteiger partial charge >= 0.3 is 5.97 Å². The Hall–Kier alpha value is -2.44. The van der Waals surface area contributed by atoms with Crippen LogP contribution in [0.4, 0.5) is 5.95 Å². The molecule has 2 N–H and O–H groups in total. The van der Waals surface area contributed by atoms with Gasteiger partial charge in [0.25, 0.3) is 0 Å². The molecule has 2 heterocycles. The van der Waals surface area contributed by atoms with Crippen molar-refractivity contribution in [2.24, 2.45) is 0 Å². The summed E-state index contributed by atoms with van der Waals surface area (Å²) in [5.74, 6) is -0.726. The lowest BCUT2D eigenvalue weighted by atomic mass is 10.4. The number of nitrogens with zero attached hydrogens (tertiary/aromatic N) is 4. The van der Waals surface area contributed by atoms with Crippen LogP contribution < -0.4 is 5.32 Å². The molecule has 2 aromatic heterocycles. The van der Waals surface area contributed by atoms with Gasteiger partial charge in [-0.05, 0) is 32.4 Å². The Bertz CT molecular complexity index is 609. The summed E-state index contributed by atoms with van der Waals surface area (Å²) in [6.45, 7) is 5.44. The van der Waals surface area contributed by atoms with E-state index in [4.69, 9.17) is 5.11 Å². The standard InChI is InChI=1S/C13H17N5O2/c1-9-8-10(2)18(17-9)7-3-5-14-13-15-6-4-11(16-13)12(19)20/h4,6,8H,3,5,7H2,1-2H3,(H,19,20)(H,14,15,16). The summed E-state index contributed by atoms with van der Waals surface area (Å²) >= 11 is 0. The second kappa shape index (κ2) is 6.14. The molecule has 0 aliphatic rings. The number of carbonyl (C=O) groups is 1. The van der Waals surface area contributed by atoms with E-state index in [-0.39, 0.29) is 5.69 Å². The summed E-state index contributed by atoms with van der Waals surface area (Å²) < 4.78 is 1.95. The van der Waals surface area contributed by atoms with Crippen LogP contribution >= 0.6 is 0 Å². The third kappa shape index (κ3) is 3.53. The van der Waals surface area contributed by atoms with Gasteiger partial charge in [-0.1, -0.05) is 0 Å². The number of hydrogen-bond acceptors (Lipinski definition) is 5. The van der Waals surface area contributed by atoms with Crippen LogP contribution in [0.5, 0.6) is 0 Å². The van der Waals surface area contributed by atoms with Crippen molar-refractivity contribution in [3.05, 3.63) is 35.4 Å². The third-order valence-electron chi connectivity index (χ3n) is 2.81. The van der Waals surface area contributed by atoms with Gasteiger partial charge in [-0.2, -0.15) is 5.10 Å². The van der Waals surface area contributed by atoms with E-state index in [0.29, 0.717) is 12.5 Å². The fourth-order valence-corrected chi connectivity index (χ4v) is 1.89. The van der Waals surface area contributed by atoms with E-state index in [2.05, 4.69) is 20.4 Å². The molecular formula is C13H17N5O2. The van der Waals surface area contributed by atoms with Gasteiger partial charge in [-0.25, -0.2) is 14.8 Å². The molecular weight excluding hydrogens is 258 g/mol. The quantitative estimate of drug-likeness (QED) is 0.776. The Labute approximate surface area is 116 Å².